The average molecular weight is 432 g/mol. The maximum absolute atomic E-state index is 12.4. The number of allylic oxidation sites excluding steroid dienone is 1. The lowest BCUT2D eigenvalue weighted by Crippen LogP contribution is -2.21. The maximum atomic E-state index is 12.4. The lowest BCUT2D eigenvalue weighted by Gasteiger charge is -2.15. The summed E-state index contributed by atoms with van der Waals surface area (Å²) in [6.45, 7) is 5.23. The molecule has 5 nitrogen and oxygen atoms in total. The number of ketones is 1. The molecule has 0 spiro atoms. The highest BCUT2D eigenvalue weighted by Crippen LogP contribution is 2.31. The summed E-state index contributed by atoms with van der Waals surface area (Å²) in [5.74, 6) is -0.450. The average Bonchev–Trinajstić information content (AvgIpc) is 2.67. The fourth-order valence-electron chi connectivity index (χ4n) is 2.36. The van der Waals surface area contributed by atoms with Crippen molar-refractivity contribution in [3.63, 3.8) is 0 Å². The molecule has 29 heavy (non-hydrogen) atoms. The van der Waals surface area contributed by atoms with E-state index in [0.29, 0.717) is 10.6 Å². The Kier molecular flexibility index (Phi) is 7.07. The fourth-order valence-corrected chi connectivity index (χ4v) is 2.66. The molecule has 0 aliphatic carbocycles. The zero-order valence-electron chi connectivity index (χ0n) is 16.4. The van der Waals surface area contributed by atoms with E-state index in [1.807, 2.05) is 6.07 Å². The van der Waals surface area contributed by atoms with E-state index in [1.54, 1.807) is 32.9 Å². The van der Waals surface area contributed by atoms with E-state index in [2.05, 4.69) is 0 Å². The van der Waals surface area contributed by atoms with Crippen LogP contribution in [0.5, 0.6) is 11.5 Å². The van der Waals surface area contributed by atoms with Crippen LogP contribution in [0, 0.1) is 16.7 Å². The van der Waals surface area contributed by atoms with Crippen LogP contribution in [0.2, 0.25) is 10.0 Å². The zero-order chi connectivity index (χ0) is 21.8. The van der Waals surface area contributed by atoms with Crippen LogP contribution in [0.4, 0.5) is 0 Å². The first-order valence-corrected chi connectivity index (χ1v) is 9.34. The van der Waals surface area contributed by atoms with E-state index in [9.17, 15) is 14.9 Å². The highest BCUT2D eigenvalue weighted by molar-refractivity contribution is 6.42. The van der Waals surface area contributed by atoms with E-state index in [4.69, 9.17) is 32.7 Å². The molecule has 0 fully saturated rings. The minimum atomic E-state index is -0.680. The van der Waals surface area contributed by atoms with Gasteiger partial charge in [-0.3, -0.25) is 4.79 Å². The van der Waals surface area contributed by atoms with Crippen molar-refractivity contribution in [2.24, 2.45) is 5.41 Å². The Morgan fingerprint density at radius 2 is 1.72 bits per heavy atom. The van der Waals surface area contributed by atoms with Crippen molar-refractivity contribution in [2.45, 2.75) is 20.8 Å². The molecule has 0 aliphatic rings. The molecule has 0 unspecified atom stereocenters. The Hall–Kier alpha value is -2.81. The number of rotatable bonds is 5. The van der Waals surface area contributed by atoms with Crippen molar-refractivity contribution in [2.75, 3.05) is 7.11 Å². The van der Waals surface area contributed by atoms with E-state index in [1.165, 1.54) is 37.5 Å². The number of methoxy groups -OCH3 is 1. The normalized spacial score (nSPS) is 11.6. The summed E-state index contributed by atoms with van der Waals surface area (Å²) >= 11 is 11.8. The Balaban J connectivity index is 2.32. The highest BCUT2D eigenvalue weighted by Gasteiger charge is 2.25. The lowest BCUT2D eigenvalue weighted by molar-refractivity contribution is -0.121. The predicted octanol–water partition coefficient (Wildman–Crippen LogP) is 5.74. The summed E-state index contributed by atoms with van der Waals surface area (Å²) < 4.78 is 10.7. The third-order valence-electron chi connectivity index (χ3n) is 3.90. The van der Waals surface area contributed by atoms with Gasteiger partial charge in [-0.05, 0) is 42.0 Å². The molecule has 0 saturated heterocycles. The van der Waals surface area contributed by atoms with Gasteiger partial charge in [0, 0.05) is 5.41 Å². The topological polar surface area (TPSA) is 76.4 Å². The predicted molar refractivity (Wildman–Crippen MR) is 112 cm³/mol. The smallest absolute Gasteiger partial charge is 0.343 e. The van der Waals surface area contributed by atoms with Gasteiger partial charge in [0.15, 0.2) is 17.3 Å². The van der Waals surface area contributed by atoms with Crippen molar-refractivity contribution in [3.05, 3.63) is 63.1 Å². The summed E-state index contributed by atoms with van der Waals surface area (Å²) in [7, 11) is 1.42. The third-order valence-corrected chi connectivity index (χ3v) is 4.64. The summed E-state index contributed by atoms with van der Waals surface area (Å²) in [6, 6.07) is 11.1. The largest absolute Gasteiger partial charge is 0.493 e. The van der Waals surface area contributed by atoms with Gasteiger partial charge in [-0.1, -0.05) is 50.0 Å². The minimum Gasteiger partial charge on any atom is -0.493 e. The Labute approximate surface area is 179 Å². The van der Waals surface area contributed by atoms with Crippen LogP contribution < -0.4 is 9.47 Å². The van der Waals surface area contributed by atoms with Crippen molar-refractivity contribution in [1.82, 2.24) is 0 Å². The lowest BCUT2D eigenvalue weighted by atomic mass is 9.86. The first-order chi connectivity index (χ1) is 13.6. The SMILES string of the molecule is COc1cc(/C=C(\C#N)C(=O)C(C)(C)C)ccc1OC(=O)c1ccc(Cl)c(Cl)c1. The monoisotopic (exact) mass is 431 g/mol. The number of hydrogen-bond donors (Lipinski definition) is 0. The van der Waals surface area contributed by atoms with Gasteiger partial charge in [0.25, 0.3) is 0 Å². The highest BCUT2D eigenvalue weighted by atomic mass is 35.5. The zero-order valence-corrected chi connectivity index (χ0v) is 17.9. The quantitative estimate of drug-likeness (QED) is 0.261. The summed E-state index contributed by atoms with van der Waals surface area (Å²) in [5, 5.41) is 9.90. The van der Waals surface area contributed by atoms with E-state index >= 15 is 0 Å². The standard InChI is InChI=1S/C22H19Cl2NO4/c1-22(2,3)20(26)15(12-25)9-13-5-8-18(19(10-13)28-4)29-21(27)14-6-7-16(23)17(24)11-14/h5-11H,1-4H3/b15-9+. The number of carbonyl (C=O) groups excluding carboxylic acids is 2. The second-order valence-electron chi connectivity index (χ2n) is 7.18. The molecule has 0 saturated carbocycles. The molecule has 150 valence electrons. The van der Waals surface area contributed by atoms with Gasteiger partial charge in [-0.15, -0.1) is 0 Å². The van der Waals surface area contributed by atoms with E-state index in [0.717, 1.165) is 0 Å². The van der Waals surface area contributed by atoms with Crippen molar-refractivity contribution < 1.29 is 19.1 Å². The second-order valence-corrected chi connectivity index (χ2v) is 7.99. The van der Waals surface area contributed by atoms with Gasteiger partial charge < -0.3 is 9.47 Å². The Morgan fingerprint density at radius 3 is 2.28 bits per heavy atom. The molecule has 0 bridgehead atoms. The molecule has 0 atom stereocenters. The van der Waals surface area contributed by atoms with Gasteiger partial charge in [0.2, 0.25) is 0 Å². The molecular weight excluding hydrogens is 413 g/mol. The number of halogens is 2. The van der Waals surface area contributed by atoms with Gasteiger partial charge >= 0.3 is 5.97 Å². The molecule has 7 heteroatoms. The molecule has 0 heterocycles. The molecule has 2 aromatic carbocycles. The first kappa shape index (κ1) is 22.5. The van der Waals surface area contributed by atoms with Gasteiger partial charge in [0.1, 0.15) is 6.07 Å². The molecule has 0 aliphatic heterocycles. The molecule has 0 N–H and O–H groups in total. The van der Waals surface area contributed by atoms with Crippen LogP contribution >= 0.6 is 23.2 Å². The van der Waals surface area contributed by atoms with Crippen LogP contribution in [0.25, 0.3) is 6.08 Å². The number of nitrogens with zero attached hydrogens (tertiary/aromatic N) is 1. The maximum Gasteiger partial charge on any atom is 0.343 e. The molecule has 0 aromatic heterocycles. The fraction of sp³-hybridized carbons (Fsp3) is 0.227. The van der Waals surface area contributed by atoms with Crippen LogP contribution in [0.1, 0.15) is 36.7 Å². The van der Waals surface area contributed by atoms with Crippen molar-refractivity contribution >= 4 is 41.0 Å². The van der Waals surface area contributed by atoms with Crippen LogP contribution in [0.15, 0.2) is 42.0 Å². The first-order valence-electron chi connectivity index (χ1n) is 8.58. The van der Waals surface area contributed by atoms with E-state index < -0.39 is 11.4 Å². The van der Waals surface area contributed by atoms with E-state index in [-0.39, 0.29) is 33.4 Å². The number of hydrogen-bond acceptors (Lipinski definition) is 5. The molecular formula is C22H19Cl2NO4. The van der Waals surface area contributed by atoms with Crippen molar-refractivity contribution in [1.29, 1.82) is 5.26 Å². The Morgan fingerprint density at radius 1 is 1.03 bits per heavy atom. The molecule has 0 radical (unpaired) electrons. The number of ether oxygens (including phenoxy) is 2. The number of benzene rings is 2. The summed E-state index contributed by atoms with van der Waals surface area (Å²) in [5.41, 5.74) is 0.138. The minimum absolute atomic E-state index is 0.0279. The molecule has 0 amide bonds. The summed E-state index contributed by atoms with van der Waals surface area (Å²) in [6.07, 6.45) is 1.47. The van der Waals surface area contributed by atoms with Crippen molar-refractivity contribution in [3.8, 4) is 17.6 Å². The number of esters is 1. The van der Waals surface area contributed by atoms with Crippen LogP contribution in [-0.4, -0.2) is 18.9 Å². The van der Waals surface area contributed by atoms with Gasteiger partial charge in [0.05, 0.1) is 28.3 Å². The summed E-state index contributed by atoms with van der Waals surface area (Å²) in [4.78, 5) is 24.7. The second kappa shape index (κ2) is 9.13. The van der Waals surface area contributed by atoms with Crippen LogP contribution in [0.3, 0.4) is 0 Å². The van der Waals surface area contributed by atoms with Crippen LogP contribution in [-0.2, 0) is 4.79 Å². The third kappa shape index (κ3) is 5.60. The number of Topliss-reactive ketones (excluding diaryl/α,β-unsaturated/α-hetero) is 1. The van der Waals surface area contributed by atoms with Gasteiger partial charge in [-0.25, -0.2) is 4.79 Å². The number of nitriles is 1. The molecule has 2 aromatic rings. The Bertz CT molecular complexity index is 1030. The molecule has 2 rings (SSSR count). The number of carbonyl (C=O) groups is 2. The van der Waals surface area contributed by atoms with Gasteiger partial charge in [-0.2, -0.15) is 5.26 Å².